The fourth-order valence-corrected chi connectivity index (χ4v) is 5.50. The Hall–Kier alpha value is -2.21. The number of ether oxygens (including phenoxy) is 4. The molecule has 0 bridgehead atoms. The molecule has 0 aromatic heterocycles. The van der Waals surface area contributed by atoms with Gasteiger partial charge in [-0.3, -0.25) is 0 Å². The van der Waals surface area contributed by atoms with Crippen LogP contribution in [0, 0.1) is 0 Å². The molecule has 1 aliphatic carbocycles. The number of carbonyl (C=O) groups is 1. The number of methoxy groups -OCH3 is 1. The summed E-state index contributed by atoms with van der Waals surface area (Å²) < 4.78 is 23.2. The fraction of sp³-hybridized carbons (Fsp3) is 0.609. The van der Waals surface area contributed by atoms with Gasteiger partial charge in [-0.2, -0.15) is 0 Å². The van der Waals surface area contributed by atoms with E-state index in [1.54, 1.807) is 7.11 Å². The zero-order valence-electron chi connectivity index (χ0n) is 18.5. The van der Waals surface area contributed by atoms with Gasteiger partial charge in [0, 0.05) is 18.5 Å². The highest BCUT2D eigenvalue weighted by Gasteiger charge is 2.54. The second kappa shape index (κ2) is 8.23. The zero-order valence-corrected chi connectivity index (χ0v) is 18.5. The summed E-state index contributed by atoms with van der Waals surface area (Å²) >= 11 is 0. The van der Waals surface area contributed by atoms with Gasteiger partial charge in [-0.15, -0.1) is 0 Å². The molecule has 1 saturated heterocycles. The number of carboxylic acids is 1. The van der Waals surface area contributed by atoms with Crippen LogP contribution >= 0.6 is 0 Å². The van der Waals surface area contributed by atoms with Gasteiger partial charge < -0.3 is 44.3 Å². The fourth-order valence-electron chi connectivity index (χ4n) is 5.50. The minimum absolute atomic E-state index is 0.254. The van der Waals surface area contributed by atoms with Crippen LogP contribution in [0.25, 0.3) is 0 Å². The van der Waals surface area contributed by atoms with E-state index >= 15 is 0 Å². The van der Waals surface area contributed by atoms with Gasteiger partial charge in [0.2, 0.25) is 0 Å². The van der Waals surface area contributed by atoms with Gasteiger partial charge in [0.05, 0.1) is 18.6 Å². The number of aliphatic hydroxyl groups is 3. The minimum atomic E-state index is -1.76. The summed E-state index contributed by atoms with van der Waals surface area (Å²) in [5.41, 5.74) is 1.96. The monoisotopic (exact) mass is 463 g/mol. The van der Waals surface area contributed by atoms with Gasteiger partial charge in [-0.25, -0.2) is 4.79 Å². The highest BCUT2D eigenvalue weighted by atomic mass is 16.7. The SMILES string of the molecule is COc1ccc2c3c1O[C@H]1C[C@@H](O[C@H]4O[C@@H](C(=O)O)[C@H](O)[C@@H](O)[C@@H]4O)C=C[C@@]31CCN(C)C2. The lowest BCUT2D eigenvalue weighted by atomic mass is 9.69. The number of hydrogen-bond donors (Lipinski definition) is 4. The van der Waals surface area contributed by atoms with Crippen molar-refractivity contribution >= 4 is 5.97 Å². The van der Waals surface area contributed by atoms with Crippen molar-refractivity contribution < 1.29 is 44.2 Å². The first-order valence-electron chi connectivity index (χ1n) is 11.1. The van der Waals surface area contributed by atoms with Crippen LogP contribution in [0.15, 0.2) is 24.3 Å². The molecular formula is C23H29NO9. The summed E-state index contributed by atoms with van der Waals surface area (Å²) in [4.78, 5) is 13.7. The van der Waals surface area contributed by atoms with Crippen molar-refractivity contribution in [1.82, 2.24) is 4.90 Å². The number of carboxylic acid groups (broad SMARTS) is 1. The van der Waals surface area contributed by atoms with E-state index in [1.807, 2.05) is 12.1 Å². The van der Waals surface area contributed by atoms with Crippen molar-refractivity contribution in [3.63, 3.8) is 0 Å². The van der Waals surface area contributed by atoms with Gasteiger partial charge in [0.1, 0.15) is 24.4 Å². The summed E-state index contributed by atoms with van der Waals surface area (Å²) in [6.07, 6.45) is -3.76. The van der Waals surface area contributed by atoms with Crippen LogP contribution in [0.5, 0.6) is 11.5 Å². The highest BCUT2D eigenvalue weighted by molar-refractivity contribution is 5.73. The average molecular weight is 463 g/mol. The smallest absolute Gasteiger partial charge is 0.335 e. The first-order valence-corrected chi connectivity index (χ1v) is 11.1. The molecular weight excluding hydrogens is 434 g/mol. The van der Waals surface area contributed by atoms with Gasteiger partial charge in [-0.1, -0.05) is 18.2 Å². The van der Waals surface area contributed by atoms with E-state index < -0.39 is 42.8 Å². The Bertz CT molecular complexity index is 967. The molecule has 1 spiro atoms. The summed E-state index contributed by atoms with van der Waals surface area (Å²) in [6, 6.07) is 4.00. The Morgan fingerprint density at radius 2 is 2.00 bits per heavy atom. The molecule has 10 heteroatoms. The number of aliphatic carboxylic acids is 1. The van der Waals surface area contributed by atoms with E-state index in [0.29, 0.717) is 12.2 Å². The van der Waals surface area contributed by atoms with Crippen molar-refractivity contribution in [2.45, 2.75) is 67.7 Å². The lowest BCUT2D eigenvalue weighted by Gasteiger charge is -2.42. The third-order valence-electron chi connectivity index (χ3n) is 7.25. The first kappa shape index (κ1) is 22.6. The topological polar surface area (TPSA) is 138 Å². The van der Waals surface area contributed by atoms with E-state index in [2.05, 4.69) is 24.1 Å². The van der Waals surface area contributed by atoms with Gasteiger partial charge in [-0.05, 0) is 31.6 Å². The molecule has 4 N–H and O–H groups in total. The molecule has 8 atom stereocenters. The third-order valence-corrected chi connectivity index (χ3v) is 7.25. The molecule has 5 rings (SSSR count). The maximum absolute atomic E-state index is 11.4. The Kier molecular flexibility index (Phi) is 5.63. The predicted molar refractivity (Wildman–Crippen MR) is 113 cm³/mol. The van der Waals surface area contributed by atoms with Gasteiger partial charge in [0.15, 0.2) is 23.9 Å². The van der Waals surface area contributed by atoms with Crippen LogP contribution in [-0.4, -0.2) is 94.9 Å². The Labute approximate surface area is 190 Å². The molecule has 4 aliphatic rings. The second-order valence-corrected chi connectivity index (χ2v) is 9.27. The van der Waals surface area contributed by atoms with Crippen LogP contribution < -0.4 is 9.47 Å². The largest absolute Gasteiger partial charge is 0.493 e. The van der Waals surface area contributed by atoms with Crippen molar-refractivity contribution in [3.05, 3.63) is 35.4 Å². The second-order valence-electron chi connectivity index (χ2n) is 9.27. The van der Waals surface area contributed by atoms with E-state index in [-0.39, 0.29) is 11.5 Å². The van der Waals surface area contributed by atoms with E-state index in [1.165, 1.54) is 5.56 Å². The number of benzene rings is 1. The molecule has 180 valence electrons. The number of rotatable bonds is 4. The van der Waals surface area contributed by atoms with Crippen LogP contribution in [0.3, 0.4) is 0 Å². The number of hydrogen-bond acceptors (Lipinski definition) is 9. The van der Waals surface area contributed by atoms with Crippen molar-refractivity contribution in [2.75, 3.05) is 20.7 Å². The van der Waals surface area contributed by atoms with E-state index in [4.69, 9.17) is 18.9 Å². The Morgan fingerprint density at radius 1 is 1.21 bits per heavy atom. The average Bonchev–Trinajstić information content (AvgIpc) is 3.05. The first-order chi connectivity index (χ1) is 15.7. The van der Waals surface area contributed by atoms with Crippen molar-refractivity contribution in [1.29, 1.82) is 0 Å². The van der Waals surface area contributed by atoms with Crippen LogP contribution in [0.1, 0.15) is 24.0 Å². The van der Waals surface area contributed by atoms with Crippen LogP contribution in [0.4, 0.5) is 0 Å². The summed E-state index contributed by atoms with van der Waals surface area (Å²) in [5.74, 6) is -0.0404. The van der Waals surface area contributed by atoms with Crippen molar-refractivity contribution in [3.8, 4) is 11.5 Å². The van der Waals surface area contributed by atoms with Crippen molar-refractivity contribution in [2.24, 2.45) is 0 Å². The molecule has 1 fully saturated rings. The molecule has 3 heterocycles. The quantitative estimate of drug-likeness (QED) is 0.443. The molecule has 1 aromatic carbocycles. The third kappa shape index (κ3) is 3.52. The Balaban J connectivity index is 1.42. The molecule has 0 radical (unpaired) electrons. The summed E-state index contributed by atoms with van der Waals surface area (Å²) in [7, 11) is 3.70. The maximum Gasteiger partial charge on any atom is 0.335 e. The molecule has 0 unspecified atom stereocenters. The standard InChI is InChI=1S/C23H29NO9/c1-24-8-7-23-6-5-12(31-22-18(27)16(25)17(26)20(33-22)21(28)29)9-14(23)32-19-13(30-2)4-3-11(10-24)15(19)23/h3-6,12,14,16-18,20,22,25-27H,7-10H2,1-2H3,(H,28,29)/t12-,14-,16+,17+,18-,20+,22-,23-/m0/s1. The van der Waals surface area contributed by atoms with E-state index in [0.717, 1.165) is 30.8 Å². The lowest BCUT2D eigenvalue weighted by Crippen LogP contribution is -2.61. The lowest BCUT2D eigenvalue weighted by molar-refractivity contribution is -0.302. The summed E-state index contributed by atoms with van der Waals surface area (Å²) in [6.45, 7) is 1.68. The molecule has 10 nitrogen and oxygen atoms in total. The zero-order chi connectivity index (χ0) is 23.5. The van der Waals surface area contributed by atoms with Gasteiger partial charge in [0.25, 0.3) is 0 Å². The molecule has 3 aliphatic heterocycles. The normalized spacial score (nSPS) is 39.8. The van der Waals surface area contributed by atoms with E-state index in [9.17, 15) is 25.2 Å². The van der Waals surface area contributed by atoms with Crippen LogP contribution in [0.2, 0.25) is 0 Å². The maximum atomic E-state index is 11.4. The van der Waals surface area contributed by atoms with Crippen LogP contribution in [-0.2, 0) is 26.2 Å². The molecule has 0 saturated carbocycles. The number of nitrogens with zero attached hydrogens (tertiary/aromatic N) is 1. The highest BCUT2D eigenvalue weighted by Crippen LogP contribution is 2.56. The molecule has 0 amide bonds. The predicted octanol–water partition coefficient (Wildman–Crippen LogP) is -0.233. The summed E-state index contributed by atoms with van der Waals surface area (Å²) in [5, 5.41) is 39.6. The van der Waals surface area contributed by atoms with Gasteiger partial charge >= 0.3 is 5.97 Å². The Morgan fingerprint density at radius 3 is 2.73 bits per heavy atom. The molecule has 1 aromatic rings. The molecule has 33 heavy (non-hydrogen) atoms. The number of aliphatic hydroxyl groups excluding tert-OH is 3. The minimum Gasteiger partial charge on any atom is -0.493 e.